The number of ether oxygens (including phenoxy) is 3. The van der Waals surface area contributed by atoms with Gasteiger partial charge in [-0.2, -0.15) is 5.26 Å². The van der Waals surface area contributed by atoms with Crippen molar-refractivity contribution in [3.63, 3.8) is 0 Å². The number of pyridine rings is 1. The molecule has 5 amide bonds. The van der Waals surface area contributed by atoms with Gasteiger partial charge in [0.2, 0.25) is 23.6 Å². The van der Waals surface area contributed by atoms with Gasteiger partial charge in [0.25, 0.3) is 5.91 Å². The summed E-state index contributed by atoms with van der Waals surface area (Å²) in [5.41, 5.74) is 28.0. The molecule has 12 N–H and O–H groups in total. The molecule has 19 nitrogen and oxygen atoms in total. The van der Waals surface area contributed by atoms with E-state index in [4.69, 9.17) is 42.1 Å². The van der Waals surface area contributed by atoms with Gasteiger partial charge >= 0.3 is 0 Å². The summed E-state index contributed by atoms with van der Waals surface area (Å²) in [6.45, 7) is 3.40. The van der Waals surface area contributed by atoms with Gasteiger partial charge in [0.1, 0.15) is 61.2 Å². The summed E-state index contributed by atoms with van der Waals surface area (Å²) in [6, 6.07) is 16.1. The molecule has 4 unspecified atom stereocenters. The molecule has 1 aromatic heterocycles. The number of nitrogens with two attached hydrogens (primary N) is 4. The number of carbonyl (C=O) groups is 5. The Bertz CT molecular complexity index is 2500. The molecule has 366 valence electrons. The highest BCUT2D eigenvalue weighted by molar-refractivity contribution is 6.03. The molecular formula is C50H63N11O8. The molecule has 4 aromatic rings. The van der Waals surface area contributed by atoms with E-state index in [1.54, 1.807) is 49.4 Å². The minimum absolute atomic E-state index is 0.00401. The molecule has 1 aliphatic heterocycles. The number of rotatable bonds is 17. The molecule has 0 saturated heterocycles. The number of aromatic nitrogens is 1. The lowest BCUT2D eigenvalue weighted by Gasteiger charge is -2.32. The molecule has 3 aromatic carbocycles. The number of benzene rings is 3. The molecule has 1 aliphatic carbocycles. The van der Waals surface area contributed by atoms with Crippen LogP contribution in [-0.2, 0) is 25.6 Å². The highest BCUT2D eigenvalue weighted by Gasteiger charge is 2.36. The Morgan fingerprint density at radius 1 is 0.884 bits per heavy atom. The van der Waals surface area contributed by atoms with Gasteiger partial charge in [-0.1, -0.05) is 18.6 Å². The fourth-order valence-corrected chi connectivity index (χ4v) is 8.58. The molecule has 4 atom stereocenters. The van der Waals surface area contributed by atoms with Gasteiger partial charge in [0.15, 0.2) is 0 Å². The molecule has 6 rings (SSSR count). The third kappa shape index (κ3) is 12.8. The van der Waals surface area contributed by atoms with Gasteiger partial charge in [-0.15, -0.1) is 0 Å². The zero-order chi connectivity index (χ0) is 49.6. The van der Waals surface area contributed by atoms with Crippen molar-refractivity contribution in [1.82, 2.24) is 31.2 Å². The number of nitriles is 1. The number of nitrogens with zero attached hydrogens (tertiary/aromatic N) is 3. The lowest BCUT2D eigenvalue weighted by atomic mass is 9.93. The normalized spacial score (nSPS) is 17.7. The summed E-state index contributed by atoms with van der Waals surface area (Å²) < 4.78 is 18.4. The van der Waals surface area contributed by atoms with Crippen molar-refractivity contribution in [3.05, 3.63) is 89.1 Å². The van der Waals surface area contributed by atoms with Crippen molar-refractivity contribution in [2.45, 2.75) is 89.1 Å². The molecule has 0 spiro atoms. The summed E-state index contributed by atoms with van der Waals surface area (Å²) in [5.74, 6) is -1.94. The van der Waals surface area contributed by atoms with Gasteiger partial charge in [0, 0.05) is 48.9 Å². The maximum atomic E-state index is 14.8. The van der Waals surface area contributed by atoms with E-state index in [2.05, 4.69) is 21.3 Å². The molecule has 2 heterocycles. The first-order valence-corrected chi connectivity index (χ1v) is 23.3. The Kier molecular flexibility index (Phi) is 17.9. The van der Waals surface area contributed by atoms with Crippen molar-refractivity contribution in [2.75, 3.05) is 52.2 Å². The van der Waals surface area contributed by atoms with Gasteiger partial charge < -0.3 is 63.3 Å². The Morgan fingerprint density at radius 2 is 1.55 bits per heavy atom. The third-order valence-corrected chi connectivity index (χ3v) is 12.1. The fraction of sp³-hybridized carbons (Fsp3) is 0.420. The van der Waals surface area contributed by atoms with Crippen molar-refractivity contribution in [2.24, 2.45) is 17.2 Å². The predicted octanol–water partition coefficient (Wildman–Crippen LogP) is 2.53. The number of carbonyl (C=O) groups excluding carboxylic acids is 5. The molecule has 4 bridgehead atoms. The topological polar surface area (TPSA) is 305 Å². The van der Waals surface area contributed by atoms with Crippen LogP contribution in [0.15, 0.2) is 66.7 Å². The monoisotopic (exact) mass is 945 g/mol. The number of anilines is 1. The fourth-order valence-electron chi connectivity index (χ4n) is 8.58. The Labute approximate surface area is 402 Å². The number of aryl methyl sites for hydroxylation is 1. The number of hydrogen-bond donors (Lipinski definition) is 8. The smallest absolute Gasteiger partial charge is 0.255 e. The molecule has 0 radical (unpaired) electrons. The number of fused-ring (bicyclic) bond motifs is 5. The minimum atomic E-state index is -1.42. The Morgan fingerprint density at radius 3 is 2.19 bits per heavy atom. The van der Waals surface area contributed by atoms with Gasteiger partial charge in [0.05, 0.1) is 29.1 Å². The highest BCUT2D eigenvalue weighted by Crippen LogP contribution is 2.40. The van der Waals surface area contributed by atoms with Crippen LogP contribution in [0.3, 0.4) is 0 Å². The van der Waals surface area contributed by atoms with Gasteiger partial charge in [-0.05, 0) is 118 Å². The van der Waals surface area contributed by atoms with E-state index in [0.29, 0.717) is 45.1 Å². The van der Waals surface area contributed by atoms with Crippen LogP contribution in [0.25, 0.3) is 22.4 Å². The second-order valence-corrected chi connectivity index (χ2v) is 17.1. The van der Waals surface area contributed by atoms with Crippen LogP contribution >= 0.6 is 0 Å². The lowest BCUT2D eigenvalue weighted by molar-refractivity contribution is -0.141. The van der Waals surface area contributed by atoms with Gasteiger partial charge in [-0.3, -0.25) is 29.0 Å². The van der Waals surface area contributed by atoms with E-state index in [1.807, 2.05) is 30.3 Å². The summed E-state index contributed by atoms with van der Waals surface area (Å²) in [4.78, 5) is 76.5. The van der Waals surface area contributed by atoms with Crippen LogP contribution < -0.4 is 58.4 Å². The van der Waals surface area contributed by atoms with Crippen molar-refractivity contribution in [1.29, 1.82) is 5.26 Å². The Balaban J connectivity index is 1.34. The maximum Gasteiger partial charge on any atom is 0.255 e. The standard InChI is InChI=1S/C50H63N11O8/c1-29-44(38(55)28-40(57-29)32-10-13-35(14-11-32)69-34-7-5-4-6-8-34)48(64)59-39(17-18-51)50(66)61(3)45-33-12-16-43(68-24-21-54)37(27-33)36-25-31(9-15-42(36)67-23-20-53)26-41(47(63)56-22-19-52)60-46(62)30(2)58-49(45)65/h9-16,25,27-28,30,34,39,41,45H,4-8,17-18,20-24,26,51,53-54H2,1-3H3,(H2,55,57)(H,56,63)(H,58,65)(H,59,64)(H,60,62). The first-order valence-electron chi connectivity index (χ1n) is 23.3. The van der Waals surface area contributed by atoms with Crippen LogP contribution in [0.4, 0.5) is 5.69 Å². The first-order chi connectivity index (χ1) is 33.3. The molecular weight excluding hydrogens is 883 g/mol. The number of amides is 5. The van der Waals surface area contributed by atoms with Crippen molar-refractivity contribution >= 4 is 35.2 Å². The lowest BCUT2D eigenvalue weighted by Crippen LogP contribution is -2.56. The van der Waals surface area contributed by atoms with E-state index < -0.39 is 53.7 Å². The summed E-state index contributed by atoms with van der Waals surface area (Å²) in [7, 11) is 1.40. The van der Waals surface area contributed by atoms with E-state index in [0.717, 1.165) is 37.0 Å². The van der Waals surface area contributed by atoms with E-state index in [-0.39, 0.29) is 69.6 Å². The molecule has 19 heteroatoms. The minimum Gasteiger partial charge on any atom is -0.492 e. The maximum absolute atomic E-state index is 14.8. The van der Waals surface area contributed by atoms with Crippen LogP contribution in [-0.4, -0.2) is 110 Å². The predicted molar refractivity (Wildman–Crippen MR) is 260 cm³/mol. The third-order valence-electron chi connectivity index (χ3n) is 12.1. The number of nitrogen functional groups attached to an aromatic ring is 1. The Hall–Kier alpha value is -7.27. The first kappa shape index (κ1) is 51.1. The number of hydrogen-bond acceptors (Lipinski definition) is 14. The van der Waals surface area contributed by atoms with E-state index in [9.17, 15) is 29.2 Å². The average Bonchev–Trinajstić information content (AvgIpc) is 3.34. The zero-order valence-corrected chi connectivity index (χ0v) is 39.3. The van der Waals surface area contributed by atoms with Crippen LogP contribution in [0, 0.1) is 18.3 Å². The van der Waals surface area contributed by atoms with Gasteiger partial charge in [-0.25, -0.2) is 0 Å². The summed E-state index contributed by atoms with van der Waals surface area (Å²) in [6.07, 6.45) is 5.78. The van der Waals surface area contributed by atoms with Crippen LogP contribution in [0.5, 0.6) is 17.2 Å². The number of likely N-dealkylation sites (N-methyl/N-ethyl adjacent to an activating group) is 1. The van der Waals surface area contributed by atoms with Crippen LogP contribution in [0.1, 0.15) is 78.7 Å². The van der Waals surface area contributed by atoms with Crippen molar-refractivity contribution < 1.29 is 38.2 Å². The van der Waals surface area contributed by atoms with Crippen LogP contribution in [0.2, 0.25) is 0 Å². The quantitative estimate of drug-likeness (QED) is 0.0706. The highest BCUT2D eigenvalue weighted by atomic mass is 16.5. The molecule has 1 saturated carbocycles. The SMILES string of the molecule is Cc1nc(-c2ccc(OC3CCCCC3)cc2)cc(N)c1C(=O)NC(CCN)C(=O)N(C)C1C(=O)NC(C)C(=O)NC(C(=O)NCC#N)Cc2ccc(OCCN)c(c2)-c2cc1ccc2OCCN. The van der Waals surface area contributed by atoms with Crippen molar-refractivity contribution in [3.8, 4) is 45.7 Å². The second kappa shape index (κ2) is 24.1. The second-order valence-electron chi connectivity index (χ2n) is 17.1. The zero-order valence-electron chi connectivity index (χ0n) is 39.3. The van der Waals surface area contributed by atoms with E-state index in [1.165, 1.54) is 25.3 Å². The summed E-state index contributed by atoms with van der Waals surface area (Å²) in [5, 5.41) is 19.9. The summed E-state index contributed by atoms with van der Waals surface area (Å²) >= 11 is 0. The molecule has 2 aliphatic rings. The van der Waals surface area contributed by atoms with E-state index >= 15 is 0 Å². The largest absolute Gasteiger partial charge is 0.492 e. The average molecular weight is 946 g/mol. The molecule has 1 fully saturated rings. The molecule has 69 heavy (non-hydrogen) atoms. The number of nitrogens with one attached hydrogen (secondary N) is 4.